The molecule has 0 atom stereocenters. The van der Waals surface area contributed by atoms with Gasteiger partial charge in [-0.25, -0.2) is 0 Å². The smallest absolute Gasteiger partial charge is 0.119 e. The van der Waals surface area contributed by atoms with Crippen LogP contribution in [0.3, 0.4) is 0 Å². The monoisotopic (exact) mass is 432 g/mol. The highest BCUT2D eigenvalue weighted by molar-refractivity contribution is 5.49. The van der Waals surface area contributed by atoms with Crippen molar-refractivity contribution in [3.63, 3.8) is 0 Å². The van der Waals surface area contributed by atoms with Gasteiger partial charge in [0.2, 0.25) is 0 Å². The van der Waals surface area contributed by atoms with Crippen LogP contribution in [0.5, 0.6) is 17.2 Å². The zero-order valence-corrected chi connectivity index (χ0v) is 20.5. The highest BCUT2D eigenvalue weighted by atomic mass is 16.4. The van der Waals surface area contributed by atoms with Gasteiger partial charge >= 0.3 is 0 Å². The molecule has 0 aliphatic carbocycles. The van der Waals surface area contributed by atoms with Crippen molar-refractivity contribution in [2.24, 2.45) is 0 Å². The summed E-state index contributed by atoms with van der Waals surface area (Å²) < 4.78 is 4.25. The van der Waals surface area contributed by atoms with Gasteiger partial charge in [-0.1, -0.05) is 40.0 Å². The van der Waals surface area contributed by atoms with Crippen LogP contribution in [-0.4, -0.2) is 29.5 Å². The van der Waals surface area contributed by atoms with Gasteiger partial charge in [-0.2, -0.15) is 0 Å². The molecule has 2 aromatic rings. The van der Waals surface area contributed by atoms with Crippen LogP contribution in [0.4, 0.5) is 0 Å². The lowest BCUT2D eigenvalue weighted by Crippen LogP contribution is -2.03. The maximum Gasteiger partial charge on any atom is 0.119 e. The van der Waals surface area contributed by atoms with Gasteiger partial charge in [0.05, 0.1) is 0 Å². The molecule has 0 saturated carbocycles. The molecular weight excluding hydrogens is 388 g/mol. The van der Waals surface area contributed by atoms with Gasteiger partial charge in [0.1, 0.15) is 17.2 Å². The first-order valence-electron chi connectivity index (χ1n) is 11.6. The van der Waals surface area contributed by atoms with Gasteiger partial charge in [0.15, 0.2) is 0 Å². The molecule has 31 heavy (non-hydrogen) atoms. The van der Waals surface area contributed by atoms with E-state index < -0.39 is 0 Å². The Labute approximate surface area is 189 Å². The Morgan fingerprint density at radius 1 is 0.677 bits per heavy atom. The lowest BCUT2D eigenvalue weighted by atomic mass is 9.88. The number of aryl methyl sites for hydroxylation is 1. The molecule has 2 rings (SSSR count). The van der Waals surface area contributed by atoms with E-state index >= 15 is 0 Å². The Morgan fingerprint density at radius 2 is 1.06 bits per heavy atom. The lowest BCUT2D eigenvalue weighted by molar-refractivity contribution is 0.277. The van der Waals surface area contributed by atoms with Gasteiger partial charge in [-0.3, -0.25) is 0 Å². The molecule has 0 aromatic heterocycles. The van der Waals surface area contributed by atoms with Crippen molar-refractivity contribution in [1.82, 2.24) is 0 Å². The minimum atomic E-state index is 0.169. The molecule has 0 unspecified atom stereocenters. The largest absolute Gasteiger partial charge is 0.508 e. The SMILES string of the molecule is CCCCc1cc(O)c(CCCC)c(CCCC)c1C.COC.Oc1ccc(O)cc1. The van der Waals surface area contributed by atoms with E-state index in [2.05, 4.69) is 32.4 Å². The Morgan fingerprint density at radius 3 is 1.48 bits per heavy atom. The number of phenols is 3. The lowest BCUT2D eigenvalue weighted by Gasteiger charge is -2.18. The fourth-order valence-electron chi connectivity index (χ4n) is 3.34. The van der Waals surface area contributed by atoms with Crippen molar-refractivity contribution < 1.29 is 20.1 Å². The van der Waals surface area contributed by atoms with Crippen molar-refractivity contribution in [1.29, 1.82) is 0 Å². The number of aromatic hydroxyl groups is 3. The predicted octanol–water partition coefficient (Wildman–Crippen LogP) is 7.09. The number of hydrogen-bond donors (Lipinski definition) is 3. The van der Waals surface area contributed by atoms with E-state index in [-0.39, 0.29) is 11.5 Å². The highest BCUT2D eigenvalue weighted by Crippen LogP contribution is 2.31. The molecule has 176 valence electrons. The summed E-state index contributed by atoms with van der Waals surface area (Å²) in [7, 11) is 3.25. The van der Waals surface area contributed by atoms with Gasteiger partial charge in [-0.05, 0) is 98.0 Å². The number of rotatable bonds is 9. The van der Waals surface area contributed by atoms with Crippen LogP contribution in [0.15, 0.2) is 30.3 Å². The van der Waals surface area contributed by atoms with Gasteiger partial charge < -0.3 is 20.1 Å². The second-order valence-corrected chi connectivity index (χ2v) is 7.87. The van der Waals surface area contributed by atoms with Crippen LogP contribution in [-0.2, 0) is 24.0 Å². The molecule has 4 heteroatoms. The Bertz CT molecular complexity index is 687. The van der Waals surface area contributed by atoms with Crippen molar-refractivity contribution in [3.8, 4) is 17.2 Å². The first-order valence-corrected chi connectivity index (χ1v) is 11.6. The predicted molar refractivity (Wildman–Crippen MR) is 131 cm³/mol. The molecule has 0 spiro atoms. The molecule has 0 amide bonds. The van der Waals surface area contributed by atoms with E-state index in [1.54, 1.807) is 14.2 Å². The van der Waals surface area contributed by atoms with Crippen LogP contribution >= 0.6 is 0 Å². The summed E-state index contributed by atoms with van der Waals surface area (Å²) in [6.45, 7) is 8.93. The number of hydrogen-bond acceptors (Lipinski definition) is 4. The third-order valence-electron chi connectivity index (χ3n) is 5.13. The molecule has 0 aliphatic rings. The first-order chi connectivity index (χ1) is 14.9. The number of unbranched alkanes of at least 4 members (excludes halogenated alkanes) is 3. The van der Waals surface area contributed by atoms with Crippen LogP contribution in [0.1, 0.15) is 81.5 Å². The van der Waals surface area contributed by atoms with Crippen LogP contribution in [0.2, 0.25) is 0 Å². The molecule has 0 bridgehead atoms. The Kier molecular flexibility index (Phi) is 16.2. The molecular formula is C27H44O4. The Balaban J connectivity index is 0.000000671. The standard InChI is InChI=1S/C19H32O.C6H6O2.C2H6O/c1-5-8-11-16-14-19(20)18(13-10-7-3)17(15(16)4)12-9-6-2;7-5-1-2-6(8)4-3-5;1-3-2/h14,20H,5-13H2,1-4H3;1-4,7-8H;1-2H3. The van der Waals surface area contributed by atoms with Crippen molar-refractivity contribution in [3.05, 3.63) is 52.6 Å². The molecule has 3 N–H and O–H groups in total. The summed E-state index contributed by atoms with van der Waals surface area (Å²) in [5.41, 5.74) is 5.45. The fourth-order valence-corrected chi connectivity index (χ4v) is 3.34. The van der Waals surface area contributed by atoms with Gasteiger partial charge in [0.25, 0.3) is 0 Å². The zero-order valence-electron chi connectivity index (χ0n) is 20.5. The van der Waals surface area contributed by atoms with Crippen LogP contribution in [0.25, 0.3) is 0 Å². The van der Waals surface area contributed by atoms with E-state index in [0.29, 0.717) is 5.75 Å². The third kappa shape index (κ3) is 11.7. The normalized spacial score (nSPS) is 10.0. The molecule has 0 saturated heterocycles. The maximum absolute atomic E-state index is 10.4. The quantitative estimate of drug-likeness (QED) is 0.370. The number of ether oxygens (including phenoxy) is 1. The van der Waals surface area contributed by atoms with E-state index in [4.69, 9.17) is 10.2 Å². The van der Waals surface area contributed by atoms with E-state index in [9.17, 15) is 5.11 Å². The van der Waals surface area contributed by atoms with Crippen molar-refractivity contribution in [2.75, 3.05) is 14.2 Å². The molecule has 0 radical (unpaired) electrons. The maximum atomic E-state index is 10.4. The van der Waals surface area contributed by atoms with E-state index in [0.717, 1.165) is 19.3 Å². The summed E-state index contributed by atoms with van der Waals surface area (Å²) in [5, 5.41) is 27.7. The van der Waals surface area contributed by atoms with Crippen LogP contribution in [0, 0.1) is 6.92 Å². The fraction of sp³-hybridized carbons (Fsp3) is 0.556. The minimum Gasteiger partial charge on any atom is -0.508 e. The second-order valence-electron chi connectivity index (χ2n) is 7.87. The van der Waals surface area contributed by atoms with E-state index in [1.807, 2.05) is 6.07 Å². The topological polar surface area (TPSA) is 69.9 Å². The zero-order chi connectivity index (χ0) is 23.6. The average molecular weight is 433 g/mol. The third-order valence-corrected chi connectivity index (χ3v) is 5.13. The summed E-state index contributed by atoms with van der Waals surface area (Å²) in [4.78, 5) is 0. The Hall–Kier alpha value is -2.20. The van der Waals surface area contributed by atoms with Gasteiger partial charge in [-0.15, -0.1) is 0 Å². The number of benzene rings is 2. The average Bonchev–Trinajstić information content (AvgIpc) is 2.75. The molecule has 0 aliphatic heterocycles. The summed E-state index contributed by atoms with van der Waals surface area (Å²) in [6, 6.07) is 7.74. The molecule has 4 nitrogen and oxygen atoms in total. The number of methoxy groups -OCH3 is 1. The minimum absolute atomic E-state index is 0.169. The van der Waals surface area contributed by atoms with E-state index in [1.165, 1.54) is 85.0 Å². The summed E-state index contributed by atoms with van der Waals surface area (Å²) >= 11 is 0. The molecule has 2 aromatic carbocycles. The summed E-state index contributed by atoms with van der Waals surface area (Å²) in [5.74, 6) is 0.881. The second kappa shape index (κ2) is 17.5. The molecule has 0 fully saturated rings. The van der Waals surface area contributed by atoms with Crippen LogP contribution < -0.4 is 0 Å². The van der Waals surface area contributed by atoms with Crippen molar-refractivity contribution >= 4 is 0 Å². The first kappa shape index (κ1) is 28.8. The highest BCUT2D eigenvalue weighted by Gasteiger charge is 2.14. The number of phenolic OH excluding ortho intramolecular Hbond substituents is 3. The molecule has 0 heterocycles. The summed E-state index contributed by atoms with van der Waals surface area (Å²) in [6.07, 6.45) is 10.4. The van der Waals surface area contributed by atoms with Crippen molar-refractivity contribution in [2.45, 2.75) is 85.5 Å². The van der Waals surface area contributed by atoms with Gasteiger partial charge in [0, 0.05) is 14.2 Å².